The molecule has 1 aromatic rings. The van der Waals surface area contributed by atoms with Crippen molar-refractivity contribution in [2.75, 3.05) is 13.2 Å². The summed E-state index contributed by atoms with van der Waals surface area (Å²) >= 11 is 0. The number of aliphatic hydroxyl groups is 1. The Labute approximate surface area is 92.7 Å². The molecule has 0 unspecified atom stereocenters. The van der Waals surface area contributed by atoms with Crippen LogP contribution in [0.2, 0.25) is 0 Å². The molecule has 0 aliphatic heterocycles. The molecule has 0 saturated heterocycles. The average molecular weight is 223 g/mol. The molecule has 0 bridgehead atoms. The molecule has 0 aromatic heterocycles. The molecule has 1 amide bonds. The number of carbonyl (C=O) groups is 2. The van der Waals surface area contributed by atoms with Gasteiger partial charge in [0.1, 0.15) is 0 Å². The highest BCUT2D eigenvalue weighted by atomic mass is 16.4. The quantitative estimate of drug-likeness (QED) is 0.634. The van der Waals surface area contributed by atoms with E-state index >= 15 is 0 Å². The standard InChI is InChI=1S/C11H13NO4/c13-7-3-6-12-10(14)8-4-1-2-5-9(8)11(15)16/h1-2,4-5,13H,3,6-7H2,(H,12,14)(H,15,16). The van der Waals surface area contributed by atoms with Gasteiger partial charge in [0.15, 0.2) is 0 Å². The number of aromatic carboxylic acids is 1. The Balaban J connectivity index is 2.78. The van der Waals surface area contributed by atoms with Crippen LogP contribution in [0.15, 0.2) is 24.3 Å². The molecular formula is C11H13NO4. The number of nitrogens with one attached hydrogen (secondary N) is 1. The third-order valence-electron chi connectivity index (χ3n) is 2.02. The first-order chi connectivity index (χ1) is 7.66. The van der Waals surface area contributed by atoms with E-state index in [1.165, 1.54) is 12.1 Å². The molecule has 0 aliphatic rings. The highest BCUT2D eigenvalue weighted by Gasteiger charge is 2.14. The van der Waals surface area contributed by atoms with E-state index in [0.29, 0.717) is 13.0 Å². The molecule has 0 saturated carbocycles. The minimum Gasteiger partial charge on any atom is -0.478 e. The number of aliphatic hydroxyl groups excluding tert-OH is 1. The maximum atomic E-state index is 11.6. The molecule has 0 heterocycles. The summed E-state index contributed by atoms with van der Waals surface area (Å²) in [5, 5.41) is 19.9. The molecular weight excluding hydrogens is 210 g/mol. The molecule has 5 nitrogen and oxygen atoms in total. The number of amides is 1. The zero-order valence-electron chi connectivity index (χ0n) is 8.64. The lowest BCUT2D eigenvalue weighted by molar-refractivity contribution is 0.0691. The highest BCUT2D eigenvalue weighted by Crippen LogP contribution is 2.08. The first-order valence-corrected chi connectivity index (χ1v) is 4.88. The number of hydrogen-bond donors (Lipinski definition) is 3. The smallest absolute Gasteiger partial charge is 0.336 e. The predicted molar refractivity (Wildman–Crippen MR) is 57.4 cm³/mol. The highest BCUT2D eigenvalue weighted by molar-refractivity contribution is 6.04. The van der Waals surface area contributed by atoms with Gasteiger partial charge < -0.3 is 15.5 Å². The topological polar surface area (TPSA) is 86.6 Å². The van der Waals surface area contributed by atoms with Gasteiger partial charge in [-0.05, 0) is 18.6 Å². The SMILES string of the molecule is O=C(O)c1ccccc1C(=O)NCCCO. The van der Waals surface area contributed by atoms with Gasteiger partial charge in [-0.25, -0.2) is 4.79 Å². The lowest BCUT2D eigenvalue weighted by atomic mass is 10.1. The van der Waals surface area contributed by atoms with Crippen molar-refractivity contribution >= 4 is 11.9 Å². The summed E-state index contributed by atoms with van der Waals surface area (Å²) in [6.07, 6.45) is 0.445. The minimum absolute atomic E-state index is 0.0130. The van der Waals surface area contributed by atoms with Crippen LogP contribution in [0.1, 0.15) is 27.1 Å². The minimum atomic E-state index is -1.13. The molecule has 0 atom stereocenters. The number of carboxylic acid groups (broad SMARTS) is 1. The molecule has 0 spiro atoms. The average Bonchev–Trinajstić information content (AvgIpc) is 2.29. The van der Waals surface area contributed by atoms with Crippen LogP contribution >= 0.6 is 0 Å². The van der Waals surface area contributed by atoms with Gasteiger partial charge in [-0.1, -0.05) is 12.1 Å². The van der Waals surface area contributed by atoms with E-state index in [9.17, 15) is 9.59 Å². The van der Waals surface area contributed by atoms with Crippen molar-refractivity contribution in [3.63, 3.8) is 0 Å². The van der Waals surface area contributed by atoms with Gasteiger partial charge >= 0.3 is 5.97 Å². The second-order valence-electron chi connectivity index (χ2n) is 3.18. The fourth-order valence-corrected chi connectivity index (χ4v) is 1.24. The molecule has 0 fully saturated rings. The second-order valence-corrected chi connectivity index (χ2v) is 3.18. The lowest BCUT2D eigenvalue weighted by Gasteiger charge is -2.06. The molecule has 16 heavy (non-hydrogen) atoms. The summed E-state index contributed by atoms with van der Waals surface area (Å²) < 4.78 is 0. The van der Waals surface area contributed by atoms with Crippen LogP contribution in [0, 0.1) is 0 Å². The van der Waals surface area contributed by atoms with Gasteiger partial charge in [-0.3, -0.25) is 4.79 Å². The van der Waals surface area contributed by atoms with E-state index < -0.39 is 11.9 Å². The maximum Gasteiger partial charge on any atom is 0.336 e. The Hall–Kier alpha value is -1.88. The monoisotopic (exact) mass is 223 g/mol. The first kappa shape index (κ1) is 12.2. The first-order valence-electron chi connectivity index (χ1n) is 4.88. The summed E-state index contributed by atoms with van der Waals surface area (Å²) in [7, 11) is 0. The summed E-state index contributed by atoms with van der Waals surface area (Å²) in [6.45, 7) is 0.310. The van der Waals surface area contributed by atoms with Crippen molar-refractivity contribution < 1.29 is 19.8 Å². The van der Waals surface area contributed by atoms with Crippen molar-refractivity contribution in [3.05, 3.63) is 35.4 Å². The Kier molecular flexibility index (Phi) is 4.47. The van der Waals surface area contributed by atoms with Gasteiger partial charge in [-0.15, -0.1) is 0 Å². The Morgan fingerprint density at radius 1 is 1.19 bits per heavy atom. The van der Waals surface area contributed by atoms with Crippen molar-refractivity contribution in [1.82, 2.24) is 5.32 Å². The number of hydrogen-bond acceptors (Lipinski definition) is 3. The van der Waals surface area contributed by atoms with Crippen LogP contribution in [-0.4, -0.2) is 35.2 Å². The molecule has 0 radical (unpaired) electrons. The Morgan fingerprint density at radius 3 is 2.38 bits per heavy atom. The van der Waals surface area contributed by atoms with Crippen LogP contribution in [0.5, 0.6) is 0 Å². The third-order valence-corrected chi connectivity index (χ3v) is 2.02. The zero-order chi connectivity index (χ0) is 12.0. The van der Waals surface area contributed by atoms with Crippen LogP contribution in [0.25, 0.3) is 0 Å². The fraction of sp³-hybridized carbons (Fsp3) is 0.273. The normalized spacial score (nSPS) is 9.81. The Bertz CT molecular complexity index is 389. The Morgan fingerprint density at radius 2 is 1.81 bits per heavy atom. The summed E-state index contributed by atoms with van der Waals surface area (Å²) in [5.41, 5.74) is 0.108. The summed E-state index contributed by atoms with van der Waals surface area (Å²) in [6, 6.07) is 6.00. The van der Waals surface area contributed by atoms with Crippen molar-refractivity contribution in [3.8, 4) is 0 Å². The lowest BCUT2D eigenvalue weighted by Crippen LogP contribution is -2.26. The second kappa shape index (κ2) is 5.87. The van der Waals surface area contributed by atoms with Crippen LogP contribution in [0.4, 0.5) is 0 Å². The van der Waals surface area contributed by atoms with Crippen molar-refractivity contribution in [2.45, 2.75) is 6.42 Å². The predicted octanol–water partition coefficient (Wildman–Crippen LogP) is 0.497. The summed E-state index contributed by atoms with van der Waals surface area (Å²) in [4.78, 5) is 22.4. The van der Waals surface area contributed by atoms with E-state index in [-0.39, 0.29) is 17.7 Å². The van der Waals surface area contributed by atoms with E-state index in [1.54, 1.807) is 12.1 Å². The van der Waals surface area contributed by atoms with Crippen LogP contribution in [0.3, 0.4) is 0 Å². The molecule has 3 N–H and O–H groups in total. The van der Waals surface area contributed by atoms with Gasteiger partial charge in [0.05, 0.1) is 11.1 Å². The van der Waals surface area contributed by atoms with Gasteiger partial charge in [0, 0.05) is 13.2 Å². The molecule has 1 aromatic carbocycles. The van der Waals surface area contributed by atoms with Gasteiger partial charge in [0.2, 0.25) is 0 Å². The molecule has 86 valence electrons. The number of rotatable bonds is 5. The zero-order valence-corrected chi connectivity index (χ0v) is 8.64. The largest absolute Gasteiger partial charge is 0.478 e. The third kappa shape index (κ3) is 3.06. The number of benzene rings is 1. The fourth-order valence-electron chi connectivity index (χ4n) is 1.24. The maximum absolute atomic E-state index is 11.6. The van der Waals surface area contributed by atoms with Gasteiger partial charge in [0.25, 0.3) is 5.91 Å². The molecule has 5 heteroatoms. The van der Waals surface area contributed by atoms with E-state index in [1.807, 2.05) is 0 Å². The van der Waals surface area contributed by atoms with E-state index in [2.05, 4.69) is 5.32 Å². The van der Waals surface area contributed by atoms with Crippen LogP contribution in [-0.2, 0) is 0 Å². The van der Waals surface area contributed by atoms with E-state index in [0.717, 1.165) is 0 Å². The molecule has 1 rings (SSSR count). The summed E-state index contributed by atoms with van der Waals surface area (Å²) in [5.74, 6) is -1.57. The van der Waals surface area contributed by atoms with Crippen LogP contribution < -0.4 is 5.32 Å². The van der Waals surface area contributed by atoms with Gasteiger partial charge in [-0.2, -0.15) is 0 Å². The number of carbonyl (C=O) groups excluding carboxylic acids is 1. The van der Waals surface area contributed by atoms with Crippen molar-refractivity contribution in [1.29, 1.82) is 0 Å². The number of carboxylic acids is 1. The van der Waals surface area contributed by atoms with E-state index in [4.69, 9.17) is 10.2 Å². The molecule has 0 aliphatic carbocycles. The van der Waals surface area contributed by atoms with Crippen molar-refractivity contribution in [2.24, 2.45) is 0 Å².